The van der Waals surface area contributed by atoms with E-state index >= 15 is 0 Å². The number of nitrogens with one attached hydrogen (secondary N) is 3. The van der Waals surface area contributed by atoms with Crippen LogP contribution < -0.4 is 16.0 Å². The van der Waals surface area contributed by atoms with E-state index in [1.54, 1.807) is 36.4 Å². The zero-order valence-corrected chi connectivity index (χ0v) is 15.9. The summed E-state index contributed by atoms with van der Waals surface area (Å²) in [6.07, 6.45) is 1.44. The highest BCUT2D eigenvalue weighted by atomic mass is 19.1. The van der Waals surface area contributed by atoms with E-state index in [0.29, 0.717) is 24.2 Å². The van der Waals surface area contributed by atoms with Crippen molar-refractivity contribution < 1.29 is 14.0 Å². The quantitative estimate of drug-likeness (QED) is 0.685. The first kappa shape index (κ1) is 20.4. The van der Waals surface area contributed by atoms with Crippen LogP contribution in [0.5, 0.6) is 0 Å². The van der Waals surface area contributed by atoms with Gasteiger partial charge < -0.3 is 16.0 Å². The maximum Gasteiger partial charge on any atom is 0.319 e. The number of rotatable bonds is 7. The zero-order chi connectivity index (χ0) is 19.9. The second-order valence-electron chi connectivity index (χ2n) is 7.03. The Morgan fingerprint density at radius 1 is 1.00 bits per heavy atom. The van der Waals surface area contributed by atoms with Gasteiger partial charge in [0.25, 0.3) is 5.91 Å². The third-order valence-electron chi connectivity index (χ3n) is 4.35. The Bertz CT molecular complexity index is 771. The number of benzene rings is 2. The molecule has 0 heterocycles. The van der Waals surface area contributed by atoms with Gasteiger partial charge in [-0.15, -0.1) is 0 Å². The van der Waals surface area contributed by atoms with E-state index in [0.717, 1.165) is 12.0 Å². The minimum absolute atomic E-state index is 0.142. The minimum Gasteiger partial charge on any atom is -0.347 e. The van der Waals surface area contributed by atoms with Crippen LogP contribution in [0, 0.1) is 5.82 Å². The predicted molar refractivity (Wildman–Crippen MR) is 105 cm³/mol. The summed E-state index contributed by atoms with van der Waals surface area (Å²) in [6.45, 7) is 6.39. The molecule has 0 aromatic heterocycles. The second-order valence-corrected chi connectivity index (χ2v) is 7.03. The molecule has 144 valence electrons. The van der Waals surface area contributed by atoms with Gasteiger partial charge in [-0.3, -0.25) is 4.79 Å². The molecular weight excluding hydrogens is 345 g/mol. The Morgan fingerprint density at radius 3 is 2.22 bits per heavy atom. The Balaban J connectivity index is 1.80. The summed E-state index contributed by atoms with van der Waals surface area (Å²) in [5.41, 5.74) is 1.82. The lowest BCUT2D eigenvalue weighted by Gasteiger charge is -2.24. The zero-order valence-electron chi connectivity index (χ0n) is 15.9. The molecule has 3 amide bonds. The van der Waals surface area contributed by atoms with Gasteiger partial charge in [-0.2, -0.15) is 0 Å². The van der Waals surface area contributed by atoms with Crippen LogP contribution in [0.15, 0.2) is 48.5 Å². The number of amides is 3. The molecule has 0 aliphatic rings. The van der Waals surface area contributed by atoms with E-state index in [9.17, 15) is 14.0 Å². The standard InChI is InChI=1S/C21H26FN3O2/c1-4-21(2,3)25-19(26)16-7-11-18(12-8-16)24-20(27)23-14-13-15-5-9-17(22)10-6-15/h5-12H,4,13-14H2,1-3H3,(H,25,26)(H2,23,24,27). The first-order valence-electron chi connectivity index (χ1n) is 9.01. The van der Waals surface area contributed by atoms with Crippen LogP contribution in [0.25, 0.3) is 0 Å². The molecule has 0 bridgehead atoms. The summed E-state index contributed by atoms with van der Waals surface area (Å²) >= 11 is 0. The molecule has 0 saturated heterocycles. The summed E-state index contributed by atoms with van der Waals surface area (Å²) < 4.78 is 12.9. The monoisotopic (exact) mass is 371 g/mol. The highest BCUT2D eigenvalue weighted by Gasteiger charge is 2.18. The van der Waals surface area contributed by atoms with Crippen molar-refractivity contribution >= 4 is 17.6 Å². The van der Waals surface area contributed by atoms with Crippen LogP contribution >= 0.6 is 0 Å². The van der Waals surface area contributed by atoms with Crippen LogP contribution in [0.4, 0.5) is 14.9 Å². The summed E-state index contributed by atoms with van der Waals surface area (Å²) in [6, 6.07) is 12.6. The molecule has 0 spiro atoms. The van der Waals surface area contributed by atoms with Gasteiger partial charge in [0.2, 0.25) is 0 Å². The van der Waals surface area contributed by atoms with E-state index in [-0.39, 0.29) is 23.3 Å². The van der Waals surface area contributed by atoms with Crippen molar-refractivity contribution in [3.05, 3.63) is 65.5 Å². The molecule has 0 radical (unpaired) electrons. The average molecular weight is 371 g/mol. The van der Waals surface area contributed by atoms with Crippen LogP contribution in [-0.2, 0) is 6.42 Å². The van der Waals surface area contributed by atoms with Gasteiger partial charge >= 0.3 is 6.03 Å². The molecule has 2 aromatic rings. The fourth-order valence-corrected chi connectivity index (χ4v) is 2.32. The number of hydrogen-bond acceptors (Lipinski definition) is 2. The molecule has 5 nitrogen and oxygen atoms in total. The van der Waals surface area contributed by atoms with Gasteiger partial charge in [0.15, 0.2) is 0 Å². The highest BCUT2D eigenvalue weighted by molar-refractivity contribution is 5.95. The maximum atomic E-state index is 12.9. The third kappa shape index (κ3) is 6.73. The van der Waals surface area contributed by atoms with Crippen molar-refractivity contribution in [3.8, 4) is 0 Å². The van der Waals surface area contributed by atoms with Crippen molar-refractivity contribution in [1.82, 2.24) is 10.6 Å². The fraction of sp³-hybridized carbons (Fsp3) is 0.333. The molecule has 2 aromatic carbocycles. The van der Waals surface area contributed by atoms with Crippen LogP contribution in [0.3, 0.4) is 0 Å². The fourth-order valence-electron chi connectivity index (χ4n) is 2.32. The van der Waals surface area contributed by atoms with Crippen LogP contribution in [0.2, 0.25) is 0 Å². The van der Waals surface area contributed by atoms with E-state index in [1.807, 2.05) is 20.8 Å². The largest absolute Gasteiger partial charge is 0.347 e. The summed E-state index contributed by atoms with van der Waals surface area (Å²) in [4.78, 5) is 24.2. The second kappa shape index (κ2) is 9.16. The number of anilines is 1. The summed E-state index contributed by atoms with van der Waals surface area (Å²) in [7, 11) is 0. The lowest BCUT2D eigenvalue weighted by atomic mass is 10.0. The van der Waals surface area contributed by atoms with Crippen molar-refractivity contribution in [3.63, 3.8) is 0 Å². The van der Waals surface area contributed by atoms with E-state index < -0.39 is 0 Å². The molecule has 0 saturated carbocycles. The Labute approximate surface area is 159 Å². The molecule has 6 heteroatoms. The van der Waals surface area contributed by atoms with Gasteiger partial charge in [0, 0.05) is 23.3 Å². The van der Waals surface area contributed by atoms with E-state index in [2.05, 4.69) is 16.0 Å². The highest BCUT2D eigenvalue weighted by Crippen LogP contribution is 2.12. The number of halogens is 1. The van der Waals surface area contributed by atoms with Gasteiger partial charge in [0.05, 0.1) is 0 Å². The lowest BCUT2D eigenvalue weighted by molar-refractivity contribution is 0.0911. The van der Waals surface area contributed by atoms with Gasteiger partial charge in [-0.05, 0) is 68.7 Å². The Kier molecular flexibility index (Phi) is 6.93. The molecule has 0 unspecified atom stereocenters. The number of urea groups is 1. The average Bonchev–Trinajstić information content (AvgIpc) is 2.63. The normalized spacial score (nSPS) is 11.0. The molecule has 3 N–H and O–H groups in total. The number of carbonyl (C=O) groups is 2. The minimum atomic E-state index is -0.332. The van der Waals surface area contributed by atoms with Crippen molar-refractivity contribution in [1.29, 1.82) is 0 Å². The predicted octanol–water partition coefficient (Wildman–Crippen LogP) is 4.11. The molecule has 2 rings (SSSR count). The smallest absolute Gasteiger partial charge is 0.319 e. The number of carbonyl (C=O) groups excluding carboxylic acids is 2. The third-order valence-corrected chi connectivity index (χ3v) is 4.35. The topological polar surface area (TPSA) is 70.2 Å². The summed E-state index contributed by atoms with van der Waals surface area (Å²) in [5, 5.41) is 8.44. The first-order valence-corrected chi connectivity index (χ1v) is 9.01. The Hall–Kier alpha value is -2.89. The molecule has 0 aliphatic carbocycles. The lowest BCUT2D eigenvalue weighted by Crippen LogP contribution is -2.42. The van der Waals surface area contributed by atoms with Crippen molar-refractivity contribution in [2.45, 2.75) is 39.2 Å². The first-order chi connectivity index (χ1) is 12.8. The van der Waals surface area contributed by atoms with Crippen molar-refractivity contribution in [2.75, 3.05) is 11.9 Å². The van der Waals surface area contributed by atoms with Crippen LogP contribution in [-0.4, -0.2) is 24.0 Å². The molecule has 0 atom stereocenters. The van der Waals surface area contributed by atoms with Crippen LogP contribution in [0.1, 0.15) is 43.1 Å². The maximum absolute atomic E-state index is 12.9. The molecule has 0 aliphatic heterocycles. The van der Waals surface area contributed by atoms with Crippen molar-refractivity contribution in [2.24, 2.45) is 0 Å². The Morgan fingerprint density at radius 2 is 1.63 bits per heavy atom. The van der Waals surface area contributed by atoms with E-state index in [4.69, 9.17) is 0 Å². The molecule has 0 fully saturated rings. The van der Waals surface area contributed by atoms with Gasteiger partial charge in [0.1, 0.15) is 5.82 Å². The van der Waals surface area contributed by atoms with Gasteiger partial charge in [-0.25, -0.2) is 9.18 Å². The SMILES string of the molecule is CCC(C)(C)NC(=O)c1ccc(NC(=O)NCCc2ccc(F)cc2)cc1. The van der Waals surface area contributed by atoms with E-state index in [1.165, 1.54) is 12.1 Å². The molecule has 27 heavy (non-hydrogen) atoms. The summed E-state index contributed by atoms with van der Waals surface area (Å²) in [5.74, 6) is -0.419. The molecular formula is C21H26FN3O2. The number of hydrogen-bond donors (Lipinski definition) is 3. The van der Waals surface area contributed by atoms with Gasteiger partial charge in [-0.1, -0.05) is 19.1 Å².